The van der Waals surface area contributed by atoms with E-state index in [1.54, 1.807) is 30.3 Å². The highest BCUT2D eigenvalue weighted by Crippen LogP contribution is 2.34. The fourth-order valence-corrected chi connectivity index (χ4v) is 2.08. The van der Waals surface area contributed by atoms with Gasteiger partial charge in [0.15, 0.2) is 0 Å². The van der Waals surface area contributed by atoms with Crippen molar-refractivity contribution in [2.24, 2.45) is 0 Å². The number of hydrogen-bond donors (Lipinski definition) is 0. The van der Waals surface area contributed by atoms with Gasteiger partial charge in [-0.15, -0.1) is 24.5 Å². The van der Waals surface area contributed by atoms with Crippen LogP contribution in [-0.2, 0) is 4.74 Å². The largest absolute Gasteiger partial charge is 0.523 e. The maximum Gasteiger partial charge on any atom is 0.523 e. The van der Waals surface area contributed by atoms with Crippen molar-refractivity contribution >= 4 is 11.3 Å². The van der Waals surface area contributed by atoms with Gasteiger partial charge in [0, 0.05) is 6.20 Å². The highest BCUT2D eigenvalue weighted by molar-refractivity contribution is 7.09. The van der Waals surface area contributed by atoms with Crippen molar-refractivity contribution in [2.75, 3.05) is 0 Å². The van der Waals surface area contributed by atoms with Crippen LogP contribution in [0.1, 0.15) is 16.5 Å². The van der Waals surface area contributed by atoms with Crippen LogP contribution in [0.5, 0.6) is 0 Å². The minimum atomic E-state index is -4.68. The Hall–Kier alpha value is -1.40. The number of alkyl halides is 3. The summed E-state index contributed by atoms with van der Waals surface area (Å²) in [6.07, 6.45) is -4.44. The number of halogens is 3. The van der Waals surface area contributed by atoms with Crippen molar-refractivity contribution in [1.29, 1.82) is 0 Å². The summed E-state index contributed by atoms with van der Waals surface area (Å²) in [6.45, 7) is 0. The SMILES string of the molecule is FC(F)(F)OC(c1ccccc1)c1cncs1. The van der Waals surface area contributed by atoms with Crippen LogP contribution in [-0.4, -0.2) is 11.3 Å². The lowest BCUT2D eigenvalue weighted by molar-refractivity contribution is -0.338. The molecular formula is C11H8F3NOS. The number of rotatable bonds is 3. The zero-order valence-corrected chi connectivity index (χ0v) is 9.33. The molecule has 0 aliphatic carbocycles. The predicted octanol–water partition coefficient (Wildman–Crippen LogP) is 3.77. The van der Waals surface area contributed by atoms with E-state index < -0.39 is 12.5 Å². The van der Waals surface area contributed by atoms with Crippen LogP contribution in [0.15, 0.2) is 42.0 Å². The lowest BCUT2D eigenvalue weighted by Crippen LogP contribution is -2.18. The molecule has 6 heteroatoms. The molecule has 0 saturated carbocycles. The molecule has 0 radical (unpaired) electrons. The average Bonchev–Trinajstić information content (AvgIpc) is 2.79. The van der Waals surface area contributed by atoms with Gasteiger partial charge in [-0.25, -0.2) is 0 Å². The van der Waals surface area contributed by atoms with Gasteiger partial charge >= 0.3 is 6.36 Å². The summed E-state index contributed by atoms with van der Waals surface area (Å²) in [7, 11) is 0. The number of thiazole rings is 1. The van der Waals surface area contributed by atoms with Crippen molar-refractivity contribution < 1.29 is 17.9 Å². The van der Waals surface area contributed by atoms with Crippen LogP contribution in [0.2, 0.25) is 0 Å². The third-order valence-electron chi connectivity index (χ3n) is 2.06. The van der Waals surface area contributed by atoms with Gasteiger partial charge in [0.2, 0.25) is 0 Å². The van der Waals surface area contributed by atoms with E-state index in [2.05, 4.69) is 9.72 Å². The molecule has 0 saturated heterocycles. The molecule has 0 spiro atoms. The molecule has 0 aliphatic rings. The third kappa shape index (κ3) is 3.28. The van der Waals surface area contributed by atoms with E-state index in [9.17, 15) is 13.2 Å². The first kappa shape index (κ1) is 12.1. The topological polar surface area (TPSA) is 22.1 Å². The molecule has 1 atom stereocenters. The van der Waals surface area contributed by atoms with E-state index in [0.717, 1.165) is 11.3 Å². The molecule has 1 aromatic heterocycles. The molecule has 0 amide bonds. The molecule has 2 nitrogen and oxygen atoms in total. The average molecular weight is 259 g/mol. The minimum Gasteiger partial charge on any atom is -0.278 e. The zero-order chi connectivity index (χ0) is 12.3. The molecule has 0 fully saturated rings. The van der Waals surface area contributed by atoms with Crippen molar-refractivity contribution in [3.05, 3.63) is 52.5 Å². The molecule has 1 aromatic carbocycles. The summed E-state index contributed by atoms with van der Waals surface area (Å²) in [4.78, 5) is 4.19. The first-order valence-corrected chi connectivity index (χ1v) is 5.62. The molecule has 2 aromatic rings. The lowest BCUT2D eigenvalue weighted by Gasteiger charge is -2.18. The second-order valence-electron chi connectivity index (χ2n) is 3.26. The Balaban J connectivity index is 2.32. The molecule has 17 heavy (non-hydrogen) atoms. The van der Waals surface area contributed by atoms with E-state index in [0.29, 0.717) is 10.4 Å². The molecule has 0 bridgehead atoms. The molecule has 1 unspecified atom stereocenters. The zero-order valence-electron chi connectivity index (χ0n) is 8.52. The van der Waals surface area contributed by atoms with E-state index in [4.69, 9.17) is 0 Å². The molecule has 1 heterocycles. The van der Waals surface area contributed by atoms with Crippen molar-refractivity contribution in [2.45, 2.75) is 12.5 Å². The van der Waals surface area contributed by atoms with Crippen LogP contribution < -0.4 is 0 Å². The molecular weight excluding hydrogens is 251 g/mol. The fourth-order valence-electron chi connectivity index (χ4n) is 1.41. The molecule has 90 valence electrons. The van der Waals surface area contributed by atoms with E-state index in [-0.39, 0.29) is 0 Å². The Kier molecular flexibility index (Phi) is 3.44. The van der Waals surface area contributed by atoms with E-state index in [1.165, 1.54) is 11.7 Å². The summed E-state index contributed by atoms with van der Waals surface area (Å²) in [5.74, 6) is 0. The number of nitrogens with zero attached hydrogens (tertiary/aromatic N) is 1. The maximum absolute atomic E-state index is 12.3. The number of hydrogen-bond acceptors (Lipinski definition) is 3. The second-order valence-corrected chi connectivity index (χ2v) is 4.18. The van der Waals surface area contributed by atoms with E-state index >= 15 is 0 Å². The molecule has 0 aliphatic heterocycles. The van der Waals surface area contributed by atoms with Gasteiger partial charge in [-0.3, -0.25) is 9.72 Å². The molecule has 0 N–H and O–H groups in total. The van der Waals surface area contributed by atoms with Crippen LogP contribution in [0.3, 0.4) is 0 Å². The Morgan fingerprint density at radius 3 is 2.41 bits per heavy atom. The van der Waals surface area contributed by atoms with Gasteiger partial charge in [-0.2, -0.15) is 0 Å². The van der Waals surface area contributed by atoms with Crippen LogP contribution in [0.4, 0.5) is 13.2 Å². The van der Waals surface area contributed by atoms with Crippen molar-refractivity contribution in [3.8, 4) is 0 Å². The Bertz CT molecular complexity index is 455. The Morgan fingerprint density at radius 2 is 1.88 bits per heavy atom. The number of aromatic nitrogens is 1. The molecule has 2 rings (SSSR count). The monoisotopic (exact) mass is 259 g/mol. The fraction of sp³-hybridized carbons (Fsp3) is 0.182. The van der Waals surface area contributed by atoms with Crippen molar-refractivity contribution in [1.82, 2.24) is 4.98 Å². The lowest BCUT2D eigenvalue weighted by atomic mass is 10.1. The normalized spacial score (nSPS) is 13.6. The highest BCUT2D eigenvalue weighted by Gasteiger charge is 2.35. The van der Waals surface area contributed by atoms with Gasteiger partial charge in [0.1, 0.15) is 6.10 Å². The predicted molar refractivity (Wildman–Crippen MR) is 57.5 cm³/mol. The number of ether oxygens (including phenoxy) is 1. The van der Waals surface area contributed by atoms with Gasteiger partial charge < -0.3 is 0 Å². The van der Waals surface area contributed by atoms with E-state index in [1.807, 2.05) is 0 Å². The summed E-state index contributed by atoms with van der Waals surface area (Å²) < 4.78 is 41.2. The van der Waals surface area contributed by atoms with Gasteiger partial charge in [0.25, 0.3) is 0 Å². The van der Waals surface area contributed by atoms with Gasteiger partial charge in [-0.1, -0.05) is 30.3 Å². The summed E-state index contributed by atoms with van der Waals surface area (Å²) in [5.41, 5.74) is 1.93. The summed E-state index contributed by atoms with van der Waals surface area (Å²) >= 11 is 1.13. The van der Waals surface area contributed by atoms with Crippen molar-refractivity contribution in [3.63, 3.8) is 0 Å². The van der Waals surface area contributed by atoms with Crippen LogP contribution in [0, 0.1) is 0 Å². The summed E-state index contributed by atoms with van der Waals surface area (Å²) in [6, 6.07) is 8.26. The quantitative estimate of drug-likeness (QED) is 0.837. The minimum absolute atomic E-state index is 0.425. The highest BCUT2D eigenvalue weighted by atomic mass is 32.1. The first-order chi connectivity index (χ1) is 8.06. The van der Waals surface area contributed by atoms with Gasteiger partial charge in [0.05, 0.1) is 10.4 Å². The van der Waals surface area contributed by atoms with Crippen LogP contribution >= 0.6 is 11.3 Å². The number of benzene rings is 1. The Morgan fingerprint density at radius 1 is 1.18 bits per heavy atom. The smallest absolute Gasteiger partial charge is 0.278 e. The standard InChI is InChI=1S/C11H8F3NOS/c12-11(13,14)16-10(9-6-15-7-17-9)8-4-2-1-3-5-8/h1-7,10H. The Labute approximate surface area is 99.7 Å². The first-order valence-electron chi connectivity index (χ1n) is 4.74. The second kappa shape index (κ2) is 4.85. The maximum atomic E-state index is 12.3. The summed E-state index contributed by atoms with van der Waals surface area (Å²) in [5, 5.41) is 0. The third-order valence-corrected chi connectivity index (χ3v) is 2.88. The van der Waals surface area contributed by atoms with Crippen LogP contribution in [0.25, 0.3) is 0 Å². The van der Waals surface area contributed by atoms with Gasteiger partial charge in [-0.05, 0) is 5.56 Å².